The van der Waals surface area contributed by atoms with Gasteiger partial charge in [-0.05, 0) is 54.8 Å². The van der Waals surface area contributed by atoms with E-state index in [1.807, 2.05) is 66.7 Å². The predicted octanol–water partition coefficient (Wildman–Crippen LogP) is 3.63. The first-order valence-electron chi connectivity index (χ1n) is 10.3. The fraction of sp³-hybridized carbons (Fsp3) is 0.250. The van der Waals surface area contributed by atoms with E-state index >= 15 is 0 Å². The number of pyridine rings is 1. The molecule has 1 radical (unpaired) electrons. The fourth-order valence-corrected chi connectivity index (χ4v) is 4.08. The first-order chi connectivity index (χ1) is 15.0. The van der Waals surface area contributed by atoms with Crippen molar-refractivity contribution in [2.24, 2.45) is 0 Å². The van der Waals surface area contributed by atoms with Crippen LogP contribution in [0.15, 0.2) is 66.7 Å². The van der Waals surface area contributed by atoms with Crippen molar-refractivity contribution < 1.29 is 14.3 Å². The van der Waals surface area contributed by atoms with Crippen LogP contribution in [0.4, 0.5) is 5.82 Å². The van der Waals surface area contributed by atoms with Gasteiger partial charge in [0.1, 0.15) is 11.6 Å². The minimum atomic E-state index is -1.45. The number of hydrogen-bond donors (Lipinski definition) is 3. The van der Waals surface area contributed by atoms with Gasteiger partial charge in [-0.3, -0.25) is 4.79 Å². The van der Waals surface area contributed by atoms with Crippen molar-refractivity contribution in [2.75, 3.05) is 12.4 Å². The number of nitrogens with zero attached hydrogens (tertiary/aromatic N) is 1. The number of carbonyl (C=O) groups excluding carboxylic acids is 1. The molecule has 4 rings (SSSR count). The third-order valence-corrected chi connectivity index (χ3v) is 6.28. The Kier molecular flexibility index (Phi) is 6.17. The summed E-state index contributed by atoms with van der Waals surface area (Å²) in [5.41, 5.74) is 3.34. The molecule has 0 unspecified atom stereocenters. The number of carbonyl (C=O) groups is 1. The van der Waals surface area contributed by atoms with Crippen LogP contribution in [-0.2, 0) is 16.8 Å². The zero-order valence-corrected chi connectivity index (χ0v) is 18.7. The van der Waals surface area contributed by atoms with Gasteiger partial charge in [-0.15, -0.1) is 0 Å². The van der Waals surface area contributed by atoms with E-state index in [-0.39, 0.29) is 5.91 Å². The molecule has 0 bridgehead atoms. The molecule has 2 aromatic carbocycles. The van der Waals surface area contributed by atoms with Gasteiger partial charge in [-0.2, -0.15) is 0 Å². The average molecular weight is 433 g/mol. The first-order valence-corrected chi connectivity index (χ1v) is 12.2. The first kappa shape index (κ1) is 21.2. The van der Waals surface area contributed by atoms with E-state index in [9.17, 15) is 9.59 Å². The number of ether oxygens (including phenoxy) is 1. The van der Waals surface area contributed by atoms with E-state index in [2.05, 4.69) is 15.3 Å². The van der Waals surface area contributed by atoms with Crippen molar-refractivity contribution >= 4 is 20.9 Å². The quantitative estimate of drug-likeness (QED) is 0.474. The highest BCUT2D eigenvalue weighted by molar-refractivity contribution is 6.45. The van der Waals surface area contributed by atoms with E-state index in [1.54, 1.807) is 13.7 Å². The van der Waals surface area contributed by atoms with Crippen molar-refractivity contribution in [3.8, 4) is 17.0 Å². The number of benzene rings is 2. The highest BCUT2D eigenvalue weighted by Crippen LogP contribution is 2.49. The Balaban J connectivity index is 1.48. The summed E-state index contributed by atoms with van der Waals surface area (Å²) < 4.78 is 5.32. The summed E-state index contributed by atoms with van der Waals surface area (Å²) in [6.45, 7) is 2.43. The van der Waals surface area contributed by atoms with Crippen LogP contribution in [0.3, 0.4) is 0 Å². The molecule has 0 aliphatic heterocycles. The highest BCUT2D eigenvalue weighted by atomic mass is 28.3. The normalized spacial score (nSPS) is 14.3. The van der Waals surface area contributed by atoms with E-state index in [0.717, 1.165) is 41.0 Å². The van der Waals surface area contributed by atoms with Crippen molar-refractivity contribution in [3.63, 3.8) is 0 Å². The molecule has 6 nitrogen and oxygen atoms in total. The molecule has 1 aromatic heterocycles. The van der Waals surface area contributed by atoms with E-state index in [0.29, 0.717) is 12.4 Å². The second-order valence-corrected chi connectivity index (χ2v) is 9.34. The fourth-order valence-electron chi connectivity index (χ4n) is 3.62. The van der Waals surface area contributed by atoms with Crippen molar-refractivity contribution in [2.45, 2.75) is 31.3 Å². The van der Waals surface area contributed by atoms with E-state index in [4.69, 9.17) is 4.74 Å². The lowest BCUT2D eigenvalue weighted by molar-refractivity contribution is -0.118. The van der Waals surface area contributed by atoms with Crippen LogP contribution in [-0.4, -0.2) is 32.0 Å². The van der Waals surface area contributed by atoms with Gasteiger partial charge in [0.25, 0.3) is 9.20 Å². The molecule has 1 fully saturated rings. The van der Waals surface area contributed by atoms with Crippen LogP contribution in [0.1, 0.15) is 24.0 Å². The molecule has 0 saturated heterocycles. The van der Waals surface area contributed by atoms with Gasteiger partial charge in [0, 0.05) is 12.1 Å². The maximum absolute atomic E-state index is 13.1. The number of nitrogens with one attached hydrogen (secondary N) is 2. The Morgan fingerprint density at radius 3 is 2.55 bits per heavy atom. The summed E-state index contributed by atoms with van der Waals surface area (Å²) in [5, 5.41) is 3.01. The molecular weight excluding hydrogens is 406 g/mol. The number of anilines is 1. The van der Waals surface area contributed by atoms with Crippen molar-refractivity contribution in [3.05, 3.63) is 77.9 Å². The smallest absolute Gasteiger partial charge is 0.296 e. The Labute approximate surface area is 184 Å². The zero-order chi connectivity index (χ0) is 21.8. The van der Waals surface area contributed by atoms with Crippen LogP contribution in [0.5, 0.6) is 5.75 Å². The van der Waals surface area contributed by atoms with Crippen LogP contribution in [0, 0.1) is 0 Å². The zero-order valence-electron chi connectivity index (χ0n) is 17.7. The number of amides is 1. The molecule has 1 saturated carbocycles. The van der Waals surface area contributed by atoms with Gasteiger partial charge < -0.3 is 19.8 Å². The van der Waals surface area contributed by atoms with Crippen LogP contribution in [0.25, 0.3) is 11.3 Å². The number of aromatic nitrogens is 1. The molecule has 0 spiro atoms. The summed E-state index contributed by atoms with van der Waals surface area (Å²) in [4.78, 5) is 30.3. The lowest BCUT2D eigenvalue weighted by atomic mass is 9.94. The van der Waals surface area contributed by atoms with Gasteiger partial charge >= 0.3 is 0 Å². The predicted molar refractivity (Wildman–Crippen MR) is 123 cm³/mol. The van der Waals surface area contributed by atoms with E-state index < -0.39 is 14.6 Å². The van der Waals surface area contributed by atoms with Crippen LogP contribution < -0.4 is 15.0 Å². The Morgan fingerprint density at radius 2 is 1.87 bits per heavy atom. The minimum absolute atomic E-state index is 0.0343. The van der Waals surface area contributed by atoms with Crippen molar-refractivity contribution in [1.82, 2.24) is 9.97 Å². The third-order valence-electron chi connectivity index (χ3n) is 5.60. The molecule has 1 aliphatic carbocycles. The number of hydrogen-bond acceptors (Lipinski definition) is 5. The summed E-state index contributed by atoms with van der Waals surface area (Å²) >= 11 is 0. The summed E-state index contributed by atoms with van der Waals surface area (Å²) in [5.74, 6) is 1.26. The SMILES string of the molecule is COc1cccc(C2(C(=O)Nc3cccc(-c4ccc(CN[Si](C)O)cc4)n3)CC2)c1. The summed E-state index contributed by atoms with van der Waals surface area (Å²) in [7, 11) is 0.179. The molecule has 1 amide bonds. The summed E-state index contributed by atoms with van der Waals surface area (Å²) in [6.07, 6.45) is 1.63. The van der Waals surface area contributed by atoms with Gasteiger partial charge in [-0.25, -0.2) is 4.98 Å². The van der Waals surface area contributed by atoms with Gasteiger partial charge in [0.15, 0.2) is 0 Å². The largest absolute Gasteiger partial charge is 0.497 e. The third kappa shape index (κ3) is 4.85. The Morgan fingerprint density at radius 1 is 1.13 bits per heavy atom. The second kappa shape index (κ2) is 9.01. The minimum Gasteiger partial charge on any atom is -0.497 e. The van der Waals surface area contributed by atoms with Crippen LogP contribution in [0.2, 0.25) is 6.55 Å². The van der Waals surface area contributed by atoms with Gasteiger partial charge in [0.2, 0.25) is 5.91 Å². The Hall–Kier alpha value is -3.00. The molecular formula is C24H26N3O3Si. The van der Waals surface area contributed by atoms with Gasteiger partial charge in [-0.1, -0.05) is 42.5 Å². The summed E-state index contributed by atoms with van der Waals surface area (Å²) in [6, 6.07) is 21.4. The molecule has 31 heavy (non-hydrogen) atoms. The lowest BCUT2D eigenvalue weighted by Gasteiger charge is -2.16. The highest BCUT2D eigenvalue weighted by Gasteiger charge is 2.51. The molecule has 3 N–H and O–H groups in total. The molecule has 159 valence electrons. The number of methoxy groups -OCH3 is 1. The Bertz CT molecular complexity index is 1070. The molecule has 7 heteroatoms. The lowest BCUT2D eigenvalue weighted by Crippen LogP contribution is -2.29. The second-order valence-electron chi connectivity index (χ2n) is 7.81. The topological polar surface area (TPSA) is 83.5 Å². The molecule has 1 aliphatic rings. The maximum Gasteiger partial charge on any atom is 0.296 e. The molecule has 3 aromatic rings. The monoisotopic (exact) mass is 432 g/mol. The molecule has 1 heterocycles. The van der Waals surface area contributed by atoms with E-state index in [1.165, 1.54) is 0 Å². The standard InChI is InChI=1S/C24H26N3O3Si/c1-30-20-6-3-5-19(15-20)24(13-14-24)23(28)27-22-8-4-7-21(26-22)18-11-9-17(10-12-18)16-25-31(2)29/h3-12,15,25,29H,13-14,16H2,1-2H3,(H,26,27,28). The van der Waals surface area contributed by atoms with Crippen molar-refractivity contribution in [1.29, 1.82) is 0 Å². The van der Waals surface area contributed by atoms with Crippen LogP contribution >= 0.6 is 0 Å². The number of rotatable bonds is 8. The maximum atomic E-state index is 13.1. The average Bonchev–Trinajstić information content (AvgIpc) is 3.60. The van der Waals surface area contributed by atoms with Gasteiger partial charge in [0.05, 0.1) is 18.2 Å². The molecule has 0 atom stereocenters.